The van der Waals surface area contributed by atoms with E-state index >= 15 is 0 Å². The summed E-state index contributed by atoms with van der Waals surface area (Å²) in [5.74, 6) is -1.35. The van der Waals surface area contributed by atoms with Gasteiger partial charge in [0.25, 0.3) is 0 Å². The first-order chi connectivity index (χ1) is 10.0. The van der Waals surface area contributed by atoms with Crippen LogP contribution in [0.5, 0.6) is 0 Å². The van der Waals surface area contributed by atoms with Crippen molar-refractivity contribution >= 4 is 11.6 Å². The van der Waals surface area contributed by atoms with Gasteiger partial charge in [-0.15, -0.1) is 0 Å². The van der Waals surface area contributed by atoms with Gasteiger partial charge in [0, 0.05) is 26.7 Å². The van der Waals surface area contributed by atoms with Crippen molar-refractivity contribution in [2.24, 2.45) is 0 Å². The molecule has 116 valence electrons. The van der Waals surface area contributed by atoms with E-state index in [4.69, 9.17) is 0 Å². The minimum atomic E-state index is -0.611. The third-order valence-electron chi connectivity index (χ3n) is 3.61. The molecule has 1 fully saturated rings. The number of likely N-dealkylation sites (N-methyl/N-ethyl adjacent to an activating group) is 1. The summed E-state index contributed by atoms with van der Waals surface area (Å²) in [6.07, 6.45) is 0.965. The molecule has 1 saturated heterocycles. The van der Waals surface area contributed by atoms with E-state index in [-0.39, 0.29) is 18.1 Å². The zero-order valence-corrected chi connectivity index (χ0v) is 12.5. The van der Waals surface area contributed by atoms with Gasteiger partial charge < -0.3 is 15.1 Å². The smallest absolute Gasteiger partial charge is 0.241 e. The molecule has 0 atom stereocenters. The second-order valence-corrected chi connectivity index (χ2v) is 5.32. The number of hydrogen-bond acceptors (Lipinski definition) is 3. The Balaban J connectivity index is 2.15. The van der Waals surface area contributed by atoms with E-state index in [9.17, 15) is 13.6 Å². The second-order valence-electron chi connectivity index (χ2n) is 5.32. The molecule has 0 aromatic heterocycles. The normalized spacial score (nSPS) is 15.7. The van der Waals surface area contributed by atoms with Crippen LogP contribution in [0.4, 0.5) is 14.5 Å². The highest BCUT2D eigenvalue weighted by atomic mass is 19.1. The lowest BCUT2D eigenvalue weighted by atomic mass is 10.1. The maximum absolute atomic E-state index is 14.2. The Morgan fingerprint density at radius 1 is 1.24 bits per heavy atom. The first-order valence-corrected chi connectivity index (χ1v) is 7.20. The van der Waals surface area contributed by atoms with Crippen LogP contribution in [0.15, 0.2) is 12.1 Å². The van der Waals surface area contributed by atoms with Crippen LogP contribution < -0.4 is 10.2 Å². The number of carbonyl (C=O) groups excluding carboxylic acids is 1. The minimum Gasteiger partial charge on any atom is -0.356 e. The predicted octanol–water partition coefficient (Wildman–Crippen LogP) is 1.74. The lowest BCUT2D eigenvalue weighted by Crippen LogP contribution is -2.49. The van der Waals surface area contributed by atoms with Crippen molar-refractivity contribution in [1.82, 2.24) is 10.2 Å². The van der Waals surface area contributed by atoms with Crippen molar-refractivity contribution in [3.63, 3.8) is 0 Å². The number of nitrogens with zero attached hydrogens (tertiary/aromatic N) is 2. The van der Waals surface area contributed by atoms with Crippen LogP contribution in [0, 0.1) is 11.6 Å². The molecule has 4 nitrogen and oxygen atoms in total. The van der Waals surface area contributed by atoms with Gasteiger partial charge in [-0.3, -0.25) is 4.79 Å². The van der Waals surface area contributed by atoms with Gasteiger partial charge in [0.15, 0.2) is 0 Å². The fourth-order valence-electron chi connectivity index (χ4n) is 2.38. The number of piperazine rings is 1. The Bertz CT molecular complexity index is 499. The molecule has 1 aromatic rings. The van der Waals surface area contributed by atoms with Gasteiger partial charge >= 0.3 is 0 Å². The number of hydrogen-bond donors (Lipinski definition) is 1. The Morgan fingerprint density at radius 2 is 1.90 bits per heavy atom. The number of halogens is 2. The first kappa shape index (κ1) is 15.7. The molecule has 0 aliphatic carbocycles. The fraction of sp³-hybridized carbons (Fsp3) is 0.533. The molecular weight excluding hydrogens is 276 g/mol. The van der Waals surface area contributed by atoms with Crippen molar-refractivity contribution < 1.29 is 13.6 Å². The van der Waals surface area contributed by atoms with Gasteiger partial charge in [0.2, 0.25) is 5.91 Å². The number of rotatable bonds is 5. The largest absolute Gasteiger partial charge is 0.356 e. The highest BCUT2D eigenvalue weighted by Crippen LogP contribution is 2.26. The van der Waals surface area contributed by atoms with Gasteiger partial charge in [0.05, 0.1) is 6.54 Å². The van der Waals surface area contributed by atoms with Gasteiger partial charge in [-0.1, -0.05) is 6.92 Å². The molecule has 21 heavy (non-hydrogen) atoms. The summed E-state index contributed by atoms with van der Waals surface area (Å²) < 4.78 is 28.4. The Kier molecular flexibility index (Phi) is 5.12. The molecule has 6 heteroatoms. The van der Waals surface area contributed by atoms with E-state index in [2.05, 4.69) is 5.32 Å². The summed E-state index contributed by atoms with van der Waals surface area (Å²) in [7, 11) is 1.69. The van der Waals surface area contributed by atoms with Crippen molar-refractivity contribution in [3.8, 4) is 0 Å². The molecule has 1 aliphatic heterocycles. The average Bonchev–Trinajstić information content (AvgIpc) is 2.42. The summed E-state index contributed by atoms with van der Waals surface area (Å²) >= 11 is 0. The molecule has 1 aromatic carbocycles. The molecule has 1 aliphatic rings. The maximum Gasteiger partial charge on any atom is 0.241 e. The number of anilines is 1. The van der Waals surface area contributed by atoms with Gasteiger partial charge in [-0.25, -0.2) is 8.78 Å². The van der Waals surface area contributed by atoms with E-state index in [0.717, 1.165) is 13.0 Å². The maximum atomic E-state index is 14.2. The summed E-state index contributed by atoms with van der Waals surface area (Å²) in [5, 5.41) is 3.11. The molecular formula is C15H21F2N3O. The molecule has 0 unspecified atom stereocenters. The van der Waals surface area contributed by atoms with Crippen LogP contribution in [0.3, 0.4) is 0 Å². The average molecular weight is 297 g/mol. The Morgan fingerprint density at radius 3 is 2.48 bits per heavy atom. The molecule has 1 heterocycles. The number of benzene rings is 1. The summed E-state index contributed by atoms with van der Waals surface area (Å²) in [4.78, 5) is 14.7. The number of nitrogens with one attached hydrogen (secondary N) is 1. The van der Waals surface area contributed by atoms with Crippen molar-refractivity contribution in [2.45, 2.75) is 19.9 Å². The monoisotopic (exact) mass is 297 g/mol. The highest BCUT2D eigenvalue weighted by molar-refractivity contribution is 5.82. The standard InChI is InChI=1S/C15H21F2N3O/c1-3-4-18-9-11-7-12(16)15(13(17)8-11)20-6-5-19(2)14(21)10-20/h7-8,18H,3-6,9-10H2,1-2H3. The number of carbonyl (C=O) groups is 1. The molecule has 0 spiro atoms. The van der Waals surface area contributed by atoms with Gasteiger partial charge in [-0.05, 0) is 30.7 Å². The molecule has 0 bridgehead atoms. The van der Waals surface area contributed by atoms with Crippen molar-refractivity contribution in [2.75, 3.05) is 38.1 Å². The SMILES string of the molecule is CCCNCc1cc(F)c(N2CCN(C)C(=O)C2)c(F)c1. The van der Waals surface area contributed by atoms with E-state index in [1.807, 2.05) is 6.92 Å². The van der Waals surface area contributed by atoms with Crippen LogP contribution in [-0.2, 0) is 11.3 Å². The summed E-state index contributed by atoms with van der Waals surface area (Å²) in [6.45, 7) is 4.18. The summed E-state index contributed by atoms with van der Waals surface area (Å²) in [6, 6.07) is 2.67. The van der Waals surface area contributed by atoms with Gasteiger partial charge in [0.1, 0.15) is 17.3 Å². The number of amides is 1. The first-order valence-electron chi connectivity index (χ1n) is 7.20. The predicted molar refractivity (Wildman–Crippen MR) is 78.2 cm³/mol. The lowest BCUT2D eigenvalue weighted by Gasteiger charge is -2.33. The van der Waals surface area contributed by atoms with E-state index in [1.54, 1.807) is 11.9 Å². The van der Waals surface area contributed by atoms with Crippen molar-refractivity contribution in [1.29, 1.82) is 0 Å². The van der Waals surface area contributed by atoms with Crippen LogP contribution >= 0.6 is 0 Å². The van der Waals surface area contributed by atoms with Crippen molar-refractivity contribution in [3.05, 3.63) is 29.3 Å². The van der Waals surface area contributed by atoms with E-state index in [0.29, 0.717) is 25.2 Å². The fourth-order valence-corrected chi connectivity index (χ4v) is 2.38. The van der Waals surface area contributed by atoms with Crippen LogP contribution in [0.2, 0.25) is 0 Å². The van der Waals surface area contributed by atoms with Crippen LogP contribution in [0.1, 0.15) is 18.9 Å². The van der Waals surface area contributed by atoms with E-state index in [1.165, 1.54) is 17.0 Å². The van der Waals surface area contributed by atoms with Crippen LogP contribution in [0.25, 0.3) is 0 Å². The molecule has 1 amide bonds. The minimum absolute atomic E-state index is 0.0117. The van der Waals surface area contributed by atoms with Crippen LogP contribution in [-0.4, -0.2) is 44.0 Å². The third kappa shape index (κ3) is 3.69. The zero-order chi connectivity index (χ0) is 15.4. The lowest BCUT2D eigenvalue weighted by molar-refractivity contribution is -0.129. The summed E-state index contributed by atoms with van der Waals surface area (Å²) in [5.41, 5.74) is 0.471. The van der Waals surface area contributed by atoms with Gasteiger partial charge in [-0.2, -0.15) is 0 Å². The molecule has 2 rings (SSSR count). The zero-order valence-electron chi connectivity index (χ0n) is 12.5. The Hall–Kier alpha value is -1.69. The molecule has 0 radical (unpaired) electrons. The topological polar surface area (TPSA) is 35.6 Å². The molecule has 0 saturated carbocycles. The quantitative estimate of drug-likeness (QED) is 0.841. The molecule has 1 N–H and O–H groups in total. The van der Waals surface area contributed by atoms with E-state index < -0.39 is 11.6 Å². The third-order valence-corrected chi connectivity index (χ3v) is 3.61. The second kappa shape index (κ2) is 6.85. The Labute approximate surface area is 123 Å². The highest BCUT2D eigenvalue weighted by Gasteiger charge is 2.25.